The van der Waals surface area contributed by atoms with Crippen molar-refractivity contribution < 1.29 is 26.7 Å². The molecule has 0 atom stereocenters. The third-order valence-corrected chi connectivity index (χ3v) is 6.89. The lowest BCUT2D eigenvalue weighted by Gasteiger charge is -2.34. The molecule has 156 valence electrons. The van der Waals surface area contributed by atoms with E-state index in [9.17, 15) is 22.0 Å². The molecule has 29 heavy (non-hydrogen) atoms. The van der Waals surface area contributed by atoms with Gasteiger partial charge in [-0.2, -0.15) is 4.31 Å². The number of benzene rings is 2. The molecule has 6 nitrogen and oxygen atoms in total. The molecule has 1 aliphatic rings. The second kappa shape index (κ2) is 9.19. The summed E-state index contributed by atoms with van der Waals surface area (Å²) < 4.78 is 59.2. The average Bonchev–Trinajstić information content (AvgIpc) is 2.70. The van der Waals surface area contributed by atoms with E-state index in [0.717, 1.165) is 16.6 Å². The largest absolute Gasteiger partial charge is 0.493 e. The molecule has 10 heteroatoms. The Labute approximate surface area is 176 Å². The van der Waals surface area contributed by atoms with Crippen LogP contribution in [0.5, 0.6) is 5.75 Å². The number of nitrogens with zero attached hydrogens (tertiary/aromatic N) is 2. The van der Waals surface area contributed by atoms with Crippen molar-refractivity contribution in [2.24, 2.45) is 0 Å². The summed E-state index contributed by atoms with van der Waals surface area (Å²) in [6, 6.07) is 9.77. The fourth-order valence-electron chi connectivity index (χ4n) is 2.94. The van der Waals surface area contributed by atoms with Crippen LogP contribution in [0.4, 0.5) is 8.78 Å². The van der Waals surface area contributed by atoms with E-state index in [-0.39, 0.29) is 50.0 Å². The van der Waals surface area contributed by atoms with Gasteiger partial charge >= 0.3 is 0 Å². The van der Waals surface area contributed by atoms with Crippen LogP contribution in [0, 0.1) is 11.6 Å². The van der Waals surface area contributed by atoms with Gasteiger partial charge in [-0.3, -0.25) is 4.79 Å². The third-order valence-electron chi connectivity index (χ3n) is 4.50. The number of halogens is 3. The first-order valence-corrected chi connectivity index (χ1v) is 11.1. The number of ether oxygens (including phenoxy) is 1. The number of carbonyl (C=O) groups is 1. The standard InChI is InChI=1S/C19H19BrF2N2O4S/c20-14-2-1-3-15(12-14)28-11-6-19(25)23-7-9-24(10-8-23)29(26,27)16-4-5-17(21)18(22)13-16/h1-5,12-13H,6-11H2. The maximum absolute atomic E-state index is 13.4. The zero-order chi connectivity index (χ0) is 21.0. The van der Waals surface area contributed by atoms with Crippen molar-refractivity contribution in [2.75, 3.05) is 32.8 Å². The highest BCUT2D eigenvalue weighted by molar-refractivity contribution is 9.10. The summed E-state index contributed by atoms with van der Waals surface area (Å²) in [6.45, 7) is 0.818. The first-order valence-electron chi connectivity index (χ1n) is 8.89. The Morgan fingerprint density at radius 1 is 1.03 bits per heavy atom. The van der Waals surface area contributed by atoms with Gasteiger partial charge in [0, 0.05) is 30.7 Å². The van der Waals surface area contributed by atoms with Gasteiger partial charge in [0.2, 0.25) is 15.9 Å². The zero-order valence-corrected chi connectivity index (χ0v) is 17.8. The van der Waals surface area contributed by atoms with Gasteiger partial charge in [-0.1, -0.05) is 22.0 Å². The van der Waals surface area contributed by atoms with Crippen molar-refractivity contribution >= 4 is 31.9 Å². The van der Waals surface area contributed by atoms with E-state index in [1.807, 2.05) is 12.1 Å². The number of carbonyl (C=O) groups excluding carboxylic acids is 1. The van der Waals surface area contributed by atoms with Crippen LogP contribution in [0.15, 0.2) is 51.8 Å². The van der Waals surface area contributed by atoms with E-state index in [1.165, 1.54) is 4.31 Å². The monoisotopic (exact) mass is 488 g/mol. The quantitative estimate of drug-likeness (QED) is 0.626. The molecule has 0 bridgehead atoms. The maximum Gasteiger partial charge on any atom is 0.243 e. The Balaban J connectivity index is 1.51. The molecule has 3 rings (SSSR count). The van der Waals surface area contributed by atoms with E-state index >= 15 is 0 Å². The van der Waals surface area contributed by atoms with E-state index in [1.54, 1.807) is 17.0 Å². The van der Waals surface area contributed by atoms with Crippen LogP contribution in [-0.2, 0) is 14.8 Å². The number of rotatable bonds is 6. The molecule has 2 aromatic rings. The molecule has 2 aromatic carbocycles. The Kier molecular flexibility index (Phi) is 6.86. The summed E-state index contributed by atoms with van der Waals surface area (Å²) in [4.78, 5) is 13.6. The van der Waals surface area contributed by atoms with E-state index in [2.05, 4.69) is 15.9 Å². The molecule has 0 radical (unpaired) electrons. The van der Waals surface area contributed by atoms with E-state index in [0.29, 0.717) is 11.8 Å². The predicted molar refractivity (Wildman–Crippen MR) is 106 cm³/mol. The smallest absolute Gasteiger partial charge is 0.243 e. The fraction of sp³-hybridized carbons (Fsp3) is 0.316. The van der Waals surface area contributed by atoms with Gasteiger partial charge in [0.1, 0.15) is 5.75 Å². The topological polar surface area (TPSA) is 66.9 Å². The molecule has 1 saturated heterocycles. The SMILES string of the molecule is O=C(CCOc1cccc(Br)c1)N1CCN(S(=O)(=O)c2ccc(F)c(F)c2)CC1. The first-order chi connectivity index (χ1) is 13.8. The first kappa shape index (κ1) is 21.7. The molecular formula is C19H19BrF2N2O4S. The van der Waals surface area contributed by atoms with Crippen molar-refractivity contribution in [1.29, 1.82) is 0 Å². The minimum absolute atomic E-state index is 0.0829. The van der Waals surface area contributed by atoms with Crippen LogP contribution in [0.3, 0.4) is 0 Å². The van der Waals surface area contributed by atoms with Gasteiger partial charge < -0.3 is 9.64 Å². The number of amides is 1. The summed E-state index contributed by atoms with van der Waals surface area (Å²) in [5.41, 5.74) is 0. The summed E-state index contributed by atoms with van der Waals surface area (Å²) in [6.07, 6.45) is 0.169. The van der Waals surface area contributed by atoms with Gasteiger partial charge in [0.15, 0.2) is 11.6 Å². The maximum atomic E-state index is 13.4. The summed E-state index contributed by atoms with van der Waals surface area (Å²) in [5.74, 6) is -1.81. The molecule has 1 fully saturated rings. The van der Waals surface area contributed by atoms with Gasteiger partial charge in [0.25, 0.3) is 0 Å². The molecule has 1 amide bonds. The Morgan fingerprint density at radius 2 is 1.76 bits per heavy atom. The van der Waals surface area contributed by atoms with Gasteiger partial charge in [-0.25, -0.2) is 17.2 Å². The molecule has 1 heterocycles. The van der Waals surface area contributed by atoms with Crippen LogP contribution < -0.4 is 4.74 Å². The van der Waals surface area contributed by atoms with Crippen LogP contribution >= 0.6 is 15.9 Å². The zero-order valence-electron chi connectivity index (χ0n) is 15.4. The lowest BCUT2D eigenvalue weighted by atomic mass is 10.3. The second-order valence-corrected chi connectivity index (χ2v) is 9.27. The lowest BCUT2D eigenvalue weighted by Crippen LogP contribution is -2.50. The molecule has 0 saturated carbocycles. The third kappa shape index (κ3) is 5.31. The Hall–Kier alpha value is -2.04. The average molecular weight is 489 g/mol. The highest BCUT2D eigenvalue weighted by Crippen LogP contribution is 2.21. The Bertz CT molecular complexity index is 995. The van der Waals surface area contributed by atoms with Gasteiger partial charge in [0.05, 0.1) is 17.9 Å². The predicted octanol–water partition coefficient (Wildman–Crippen LogP) is 3.03. The molecular weight excluding hydrogens is 470 g/mol. The summed E-state index contributed by atoms with van der Waals surface area (Å²) in [5, 5.41) is 0. The minimum atomic E-state index is -3.95. The summed E-state index contributed by atoms with van der Waals surface area (Å²) >= 11 is 3.34. The fourth-order valence-corrected chi connectivity index (χ4v) is 4.75. The van der Waals surface area contributed by atoms with Gasteiger partial charge in [-0.05, 0) is 36.4 Å². The van der Waals surface area contributed by atoms with Crippen LogP contribution in [0.25, 0.3) is 0 Å². The van der Waals surface area contributed by atoms with Crippen molar-refractivity contribution in [3.8, 4) is 5.75 Å². The highest BCUT2D eigenvalue weighted by atomic mass is 79.9. The second-order valence-electron chi connectivity index (χ2n) is 6.42. The number of sulfonamides is 1. The molecule has 0 aromatic heterocycles. The molecule has 0 N–H and O–H groups in total. The highest BCUT2D eigenvalue weighted by Gasteiger charge is 2.30. The number of hydrogen-bond acceptors (Lipinski definition) is 4. The number of hydrogen-bond donors (Lipinski definition) is 0. The number of piperazine rings is 1. The van der Waals surface area contributed by atoms with E-state index in [4.69, 9.17) is 4.74 Å². The molecule has 0 aliphatic carbocycles. The van der Waals surface area contributed by atoms with Crippen LogP contribution in [0.1, 0.15) is 6.42 Å². The lowest BCUT2D eigenvalue weighted by molar-refractivity contribution is -0.132. The molecule has 0 unspecified atom stereocenters. The molecule has 0 spiro atoms. The van der Waals surface area contributed by atoms with Crippen molar-refractivity contribution in [3.05, 3.63) is 58.6 Å². The normalized spacial score (nSPS) is 15.3. The molecule has 1 aliphatic heterocycles. The van der Waals surface area contributed by atoms with Crippen molar-refractivity contribution in [3.63, 3.8) is 0 Å². The van der Waals surface area contributed by atoms with Crippen molar-refractivity contribution in [2.45, 2.75) is 11.3 Å². The van der Waals surface area contributed by atoms with E-state index < -0.39 is 21.7 Å². The Morgan fingerprint density at radius 3 is 2.41 bits per heavy atom. The van der Waals surface area contributed by atoms with Crippen LogP contribution in [0.2, 0.25) is 0 Å². The minimum Gasteiger partial charge on any atom is -0.493 e. The summed E-state index contributed by atoms with van der Waals surface area (Å²) in [7, 11) is -3.95. The van der Waals surface area contributed by atoms with Gasteiger partial charge in [-0.15, -0.1) is 0 Å². The van der Waals surface area contributed by atoms with Crippen molar-refractivity contribution in [1.82, 2.24) is 9.21 Å². The van der Waals surface area contributed by atoms with Crippen LogP contribution in [-0.4, -0.2) is 56.3 Å².